The summed E-state index contributed by atoms with van der Waals surface area (Å²) in [6.07, 6.45) is 0. The molecular formula is C10H13Cl2NO. The van der Waals surface area contributed by atoms with Crippen molar-refractivity contribution in [3.05, 3.63) is 27.7 Å². The van der Waals surface area contributed by atoms with Gasteiger partial charge in [-0.15, -0.1) is 0 Å². The van der Waals surface area contributed by atoms with Gasteiger partial charge in [-0.25, -0.2) is 0 Å². The zero-order chi connectivity index (χ0) is 10.9. The third-order valence-electron chi connectivity index (χ3n) is 2.12. The van der Waals surface area contributed by atoms with Gasteiger partial charge >= 0.3 is 0 Å². The third-order valence-corrected chi connectivity index (χ3v) is 2.65. The predicted molar refractivity (Wildman–Crippen MR) is 59.9 cm³/mol. The van der Waals surface area contributed by atoms with E-state index in [-0.39, 0.29) is 17.7 Å². The smallest absolute Gasteiger partial charge is 0.123 e. The van der Waals surface area contributed by atoms with Crippen molar-refractivity contribution in [2.45, 2.75) is 19.9 Å². The van der Waals surface area contributed by atoms with Crippen LogP contribution in [0.2, 0.25) is 10.0 Å². The Hall–Kier alpha value is -0.440. The van der Waals surface area contributed by atoms with E-state index >= 15 is 0 Å². The van der Waals surface area contributed by atoms with Crippen molar-refractivity contribution in [1.82, 2.24) is 0 Å². The van der Waals surface area contributed by atoms with Crippen LogP contribution in [-0.2, 0) is 0 Å². The van der Waals surface area contributed by atoms with Gasteiger partial charge in [0.1, 0.15) is 5.75 Å². The van der Waals surface area contributed by atoms with Crippen molar-refractivity contribution in [1.29, 1.82) is 0 Å². The summed E-state index contributed by atoms with van der Waals surface area (Å²) in [5, 5.41) is 10.5. The molecule has 0 heterocycles. The number of phenolic OH excluding ortho intramolecular Hbond substituents is 1. The molecule has 0 radical (unpaired) electrons. The molecule has 2 nitrogen and oxygen atoms in total. The van der Waals surface area contributed by atoms with Gasteiger partial charge in [0.25, 0.3) is 0 Å². The van der Waals surface area contributed by atoms with Crippen molar-refractivity contribution in [3.63, 3.8) is 0 Å². The van der Waals surface area contributed by atoms with Crippen LogP contribution in [0.25, 0.3) is 0 Å². The van der Waals surface area contributed by atoms with Crippen LogP contribution < -0.4 is 5.73 Å². The van der Waals surface area contributed by atoms with Gasteiger partial charge in [-0.2, -0.15) is 0 Å². The summed E-state index contributed by atoms with van der Waals surface area (Å²) in [6.45, 7) is 3.93. The fourth-order valence-electron chi connectivity index (χ4n) is 1.23. The van der Waals surface area contributed by atoms with E-state index in [2.05, 4.69) is 0 Å². The highest BCUT2D eigenvalue weighted by molar-refractivity contribution is 6.35. The molecule has 1 aromatic rings. The highest BCUT2D eigenvalue weighted by Crippen LogP contribution is 2.36. The number of halogens is 2. The Balaban J connectivity index is 3.20. The second-order valence-corrected chi connectivity index (χ2v) is 4.43. The Kier molecular flexibility index (Phi) is 3.65. The summed E-state index contributed by atoms with van der Waals surface area (Å²) in [4.78, 5) is 0. The van der Waals surface area contributed by atoms with E-state index < -0.39 is 0 Å². The van der Waals surface area contributed by atoms with Crippen molar-refractivity contribution in [2.24, 2.45) is 11.7 Å². The SMILES string of the molecule is CC(C)[C@H](N)c1c(O)cc(Cl)cc1Cl. The number of nitrogens with two attached hydrogens (primary N) is 1. The molecule has 3 N–H and O–H groups in total. The molecule has 1 atom stereocenters. The summed E-state index contributed by atoms with van der Waals surface area (Å²) in [7, 11) is 0. The molecule has 0 saturated carbocycles. The minimum absolute atomic E-state index is 0.0590. The summed E-state index contributed by atoms with van der Waals surface area (Å²) in [5.74, 6) is 0.267. The van der Waals surface area contributed by atoms with E-state index in [0.717, 1.165) is 0 Å². The van der Waals surface area contributed by atoms with Crippen LogP contribution in [0.15, 0.2) is 12.1 Å². The topological polar surface area (TPSA) is 46.2 Å². The molecule has 14 heavy (non-hydrogen) atoms. The minimum Gasteiger partial charge on any atom is -0.508 e. The van der Waals surface area contributed by atoms with Gasteiger partial charge in [0.15, 0.2) is 0 Å². The van der Waals surface area contributed by atoms with Gasteiger partial charge in [0, 0.05) is 16.6 Å². The molecule has 0 aliphatic carbocycles. The number of hydrogen-bond donors (Lipinski definition) is 2. The standard InChI is InChI=1S/C10H13Cl2NO/c1-5(2)10(13)9-7(12)3-6(11)4-8(9)14/h3-5,10,14H,13H2,1-2H3/t10-/m0/s1. The van der Waals surface area contributed by atoms with E-state index in [1.807, 2.05) is 13.8 Å². The number of hydrogen-bond acceptors (Lipinski definition) is 2. The quantitative estimate of drug-likeness (QED) is 0.824. The maximum atomic E-state index is 9.64. The zero-order valence-electron chi connectivity index (χ0n) is 8.09. The lowest BCUT2D eigenvalue weighted by atomic mass is 9.96. The van der Waals surface area contributed by atoms with Crippen LogP contribution in [0.4, 0.5) is 0 Å². The molecule has 4 heteroatoms. The van der Waals surface area contributed by atoms with E-state index in [1.54, 1.807) is 6.07 Å². The molecular weight excluding hydrogens is 221 g/mol. The summed E-state index contributed by atoms with van der Waals surface area (Å²) in [6, 6.07) is 2.76. The lowest BCUT2D eigenvalue weighted by molar-refractivity contribution is 0.440. The van der Waals surface area contributed by atoms with Gasteiger partial charge in [0.2, 0.25) is 0 Å². The first-order chi connectivity index (χ1) is 6.43. The lowest BCUT2D eigenvalue weighted by Gasteiger charge is -2.18. The molecule has 1 rings (SSSR count). The summed E-state index contributed by atoms with van der Waals surface area (Å²) < 4.78 is 0. The van der Waals surface area contributed by atoms with E-state index in [4.69, 9.17) is 28.9 Å². The van der Waals surface area contributed by atoms with Crippen molar-refractivity contribution < 1.29 is 5.11 Å². The van der Waals surface area contributed by atoms with Crippen molar-refractivity contribution in [3.8, 4) is 5.75 Å². The zero-order valence-corrected chi connectivity index (χ0v) is 9.60. The molecule has 0 aromatic heterocycles. The van der Waals surface area contributed by atoms with E-state index in [0.29, 0.717) is 15.6 Å². The van der Waals surface area contributed by atoms with Crippen LogP contribution in [0.1, 0.15) is 25.5 Å². The van der Waals surface area contributed by atoms with Crippen LogP contribution in [0.3, 0.4) is 0 Å². The normalized spacial score (nSPS) is 13.3. The van der Waals surface area contributed by atoms with E-state index in [1.165, 1.54) is 6.07 Å². The van der Waals surface area contributed by atoms with Crippen molar-refractivity contribution >= 4 is 23.2 Å². The molecule has 0 amide bonds. The molecule has 0 fully saturated rings. The van der Waals surface area contributed by atoms with Gasteiger partial charge < -0.3 is 10.8 Å². The van der Waals surface area contributed by atoms with Gasteiger partial charge in [-0.05, 0) is 18.1 Å². The Labute approximate surface area is 93.6 Å². The maximum Gasteiger partial charge on any atom is 0.123 e. The number of rotatable bonds is 2. The van der Waals surface area contributed by atoms with Crippen LogP contribution in [0, 0.1) is 5.92 Å². The Morgan fingerprint density at radius 1 is 1.29 bits per heavy atom. The molecule has 0 aliphatic heterocycles. The van der Waals surface area contributed by atoms with E-state index in [9.17, 15) is 5.11 Å². The molecule has 0 aliphatic rings. The number of phenols is 1. The van der Waals surface area contributed by atoms with Gasteiger partial charge in [-0.1, -0.05) is 37.0 Å². The molecule has 78 valence electrons. The number of aromatic hydroxyl groups is 1. The largest absolute Gasteiger partial charge is 0.508 e. The molecule has 0 saturated heterocycles. The maximum absolute atomic E-state index is 9.64. The fraction of sp³-hybridized carbons (Fsp3) is 0.400. The molecule has 0 unspecified atom stereocenters. The molecule has 1 aromatic carbocycles. The first kappa shape index (κ1) is 11.6. The monoisotopic (exact) mass is 233 g/mol. The molecule has 0 bridgehead atoms. The molecule has 0 spiro atoms. The Morgan fingerprint density at radius 2 is 1.86 bits per heavy atom. The third kappa shape index (κ3) is 2.32. The van der Waals surface area contributed by atoms with Crippen molar-refractivity contribution in [2.75, 3.05) is 0 Å². The number of benzene rings is 1. The average Bonchev–Trinajstić information content (AvgIpc) is 2.01. The fourth-order valence-corrected chi connectivity index (χ4v) is 1.84. The van der Waals surface area contributed by atoms with Gasteiger partial charge in [-0.3, -0.25) is 0 Å². The predicted octanol–water partition coefficient (Wildman–Crippen LogP) is 3.35. The average molecular weight is 234 g/mol. The second-order valence-electron chi connectivity index (χ2n) is 3.59. The van der Waals surface area contributed by atoms with Crippen LogP contribution in [-0.4, -0.2) is 5.11 Å². The first-order valence-electron chi connectivity index (χ1n) is 4.37. The van der Waals surface area contributed by atoms with Crippen LogP contribution in [0.5, 0.6) is 5.75 Å². The highest BCUT2D eigenvalue weighted by atomic mass is 35.5. The van der Waals surface area contributed by atoms with Crippen LogP contribution >= 0.6 is 23.2 Å². The highest BCUT2D eigenvalue weighted by Gasteiger charge is 2.18. The minimum atomic E-state index is -0.278. The first-order valence-corrected chi connectivity index (χ1v) is 5.12. The Bertz CT molecular complexity index is 316. The van der Waals surface area contributed by atoms with Gasteiger partial charge in [0.05, 0.1) is 5.02 Å². The lowest BCUT2D eigenvalue weighted by Crippen LogP contribution is -2.17. The second kappa shape index (κ2) is 4.39. The summed E-state index contributed by atoms with van der Waals surface area (Å²) in [5.41, 5.74) is 6.46. The summed E-state index contributed by atoms with van der Waals surface area (Å²) >= 11 is 11.7. The Morgan fingerprint density at radius 3 is 2.29 bits per heavy atom.